The summed E-state index contributed by atoms with van der Waals surface area (Å²) in [4.78, 5) is 19.9. The number of rotatable bonds is 8. The molecule has 0 bridgehead atoms. The lowest BCUT2D eigenvalue weighted by Crippen LogP contribution is -2.55. The zero-order valence-corrected chi connectivity index (χ0v) is 22.7. The fraction of sp³-hybridized carbons (Fsp3) is 0.387. The zero-order chi connectivity index (χ0) is 28.1. The molecule has 2 saturated heterocycles. The number of anilines is 1. The van der Waals surface area contributed by atoms with E-state index < -0.39 is 12.2 Å². The third kappa shape index (κ3) is 6.09. The summed E-state index contributed by atoms with van der Waals surface area (Å²) in [6, 6.07) is 16.8. The van der Waals surface area contributed by atoms with Gasteiger partial charge in [0, 0.05) is 55.4 Å². The van der Waals surface area contributed by atoms with Gasteiger partial charge in [-0.3, -0.25) is 9.69 Å². The lowest BCUT2D eigenvalue weighted by Gasteiger charge is -2.40. The molecule has 2 aliphatic rings. The van der Waals surface area contributed by atoms with E-state index in [1.807, 2.05) is 42.5 Å². The molecular formula is C31H34FN5O3. The SMILES string of the molecule is C=C(C#N)CNc1c(OC)ccc2ccc(-c3cccc(C(=O)NC4CCN(C5CCOCC5)CC4F)n3)cc12. The molecule has 2 N–H and O–H groups in total. The number of benzene rings is 2. The minimum atomic E-state index is -1.14. The topological polar surface area (TPSA) is 99.5 Å². The van der Waals surface area contributed by atoms with Crippen LogP contribution in [0.2, 0.25) is 0 Å². The first kappa shape index (κ1) is 27.6. The molecular weight excluding hydrogens is 509 g/mol. The van der Waals surface area contributed by atoms with Crippen LogP contribution in [0, 0.1) is 11.3 Å². The van der Waals surface area contributed by atoms with Crippen LogP contribution in [0.1, 0.15) is 29.8 Å². The van der Waals surface area contributed by atoms with Crippen molar-refractivity contribution in [2.24, 2.45) is 0 Å². The Morgan fingerprint density at radius 3 is 2.77 bits per heavy atom. The molecule has 9 heteroatoms. The second-order valence-corrected chi connectivity index (χ2v) is 10.3. The summed E-state index contributed by atoms with van der Waals surface area (Å²) in [6.45, 7) is 6.55. The standard InChI is InChI=1S/C31H34FN5O3/c1-20(17-33)18-34-30-24-16-22(7-6-21(24)8-9-29(30)39-2)26-4-3-5-28(35-26)31(38)36-27-10-13-37(19-25(27)32)23-11-14-40-15-12-23/h3-9,16,23,25,27,34H,1,10-15,18-19H2,2H3,(H,36,38). The van der Waals surface area contributed by atoms with Gasteiger partial charge in [-0.05, 0) is 48.9 Å². The van der Waals surface area contributed by atoms with Crippen LogP contribution in [0.3, 0.4) is 0 Å². The number of ether oxygens (including phenoxy) is 2. The molecule has 2 fully saturated rings. The van der Waals surface area contributed by atoms with Gasteiger partial charge < -0.3 is 20.1 Å². The van der Waals surface area contributed by atoms with Crippen LogP contribution in [-0.2, 0) is 4.74 Å². The maximum atomic E-state index is 15.1. The van der Waals surface area contributed by atoms with Crippen molar-refractivity contribution >= 4 is 22.4 Å². The molecule has 40 heavy (non-hydrogen) atoms. The summed E-state index contributed by atoms with van der Waals surface area (Å²) in [5.41, 5.74) is 2.82. The first-order valence-corrected chi connectivity index (χ1v) is 13.6. The molecule has 3 aromatic rings. The Bertz CT molecular complexity index is 1430. The second kappa shape index (κ2) is 12.5. The van der Waals surface area contributed by atoms with E-state index in [9.17, 15) is 4.79 Å². The number of amides is 1. The molecule has 0 saturated carbocycles. The summed E-state index contributed by atoms with van der Waals surface area (Å²) in [7, 11) is 1.59. The van der Waals surface area contributed by atoms with Gasteiger partial charge in [0.15, 0.2) is 0 Å². The Balaban J connectivity index is 1.32. The summed E-state index contributed by atoms with van der Waals surface area (Å²) < 4.78 is 26.1. The maximum absolute atomic E-state index is 15.1. The molecule has 2 unspecified atom stereocenters. The average molecular weight is 544 g/mol. The fourth-order valence-electron chi connectivity index (χ4n) is 5.48. The maximum Gasteiger partial charge on any atom is 0.270 e. The molecule has 0 spiro atoms. The lowest BCUT2D eigenvalue weighted by atomic mass is 9.98. The Morgan fingerprint density at radius 2 is 2.02 bits per heavy atom. The van der Waals surface area contributed by atoms with Gasteiger partial charge in [0.05, 0.1) is 30.6 Å². The number of nitrogens with one attached hydrogen (secondary N) is 2. The van der Waals surface area contributed by atoms with Gasteiger partial charge in [-0.15, -0.1) is 0 Å². The average Bonchev–Trinajstić information content (AvgIpc) is 3.00. The van der Waals surface area contributed by atoms with Gasteiger partial charge >= 0.3 is 0 Å². The summed E-state index contributed by atoms with van der Waals surface area (Å²) >= 11 is 0. The van der Waals surface area contributed by atoms with Gasteiger partial charge in [0.25, 0.3) is 5.91 Å². The number of pyridine rings is 1. The number of methoxy groups -OCH3 is 1. The van der Waals surface area contributed by atoms with Crippen LogP contribution in [0.15, 0.2) is 60.7 Å². The summed E-state index contributed by atoms with van der Waals surface area (Å²) in [5.74, 6) is 0.258. The molecule has 208 valence electrons. The van der Waals surface area contributed by atoms with E-state index >= 15 is 4.39 Å². The van der Waals surface area contributed by atoms with Crippen LogP contribution in [0.25, 0.3) is 22.0 Å². The summed E-state index contributed by atoms with van der Waals surface area (Å²) in [5, 5.41) is 17.1. The molecule has 2 aliphatic heterocycles. The Labute approximate surface area is 233 Å². The number of carbonyl (C=O) groups excluding carboxylic acids is 1. The quantitative estimate of drug-likeness (QED) is 0.397. The first-order valence-electron chi connectivity index (χ1n) is 13.6. The van der Waals surface area contributed by atoms with E-state index in [1.165, 1.54) is 0 Å². The van der Waals surface area contributed by atoms with Crippen molar-refractivity contribution in [1.82, 2.24) is 15.2 Å². The molecule has 5 rings (SSSR count). The van der Waals surface area contributed by atoms with E-state index in [4.69, 9.17) is 14.7 Å². The molecule has 1 amide bonds. The first-order chi connectivity index (χ1) is 19.5. The predicted octanol–water partition coefficient (Wildman–Crippen LogP) is 4.72. The number of alkyl halides is 1. The highest BCUT2D eigenvalue weighted by Gasteiger charge is 2.34. The molecule has 1 aromatic heterocycles. The predicted molar refractivity (Wildman–Crippen MR) is 153 cm³/mol. The van der Waals surface area contributed by atoms with Crippen molar-refractivity contribution in [3.8, 4) is 23.1 Å². The van der Waals surface area contributed by atoms with Crippen molar-refractivity contribution in [1.29, 1.82) is 5.26 Å². The van der Waals surface area contributed by atoms with E-state index in [2.05, 4.69) is 27.1 Å². The smallest absolute Gasteiger partial charge is 0.270 e. The fourth-order valence-corrected chi connectivity index (χ4v) is 5.48. The third-order valence-electron chi connectivity index (χ3n) is 7.71. The van der Waals surface area contributed by atoms with Crippen LogP contribution in [0.4, 0.5) is 10.1 Å². The highest BCUT2D eigenvalue weighted by molar-refractivity contribution is 5.99. The van der Waals surface area contributed by atoms with Crippen molar-refractivity contribution < 1.29 is 18.7 Å². The lowest BCUT2D eigenvalue weighted by molar-refractivity contribution is 0.00511. The number of halogens is 1. The van der Waals surface area contributed by atoms with E-state index in [-0.39, 0.29) is 18.1 Å². The molecule has 3 heterocycles. The van der Waals surface area contributed by atoms with Gasteiger partial charge in [0.2, 0.25) is 0 Å². The molecule has 8 nitrogen and oxygen atoms in total. The highest BCUT2D eigenvalue weighted by atomic mass is 19.1. The third-order valence-corrected chi connectivity index (χ3v) is 7.71. The normalized spacial score (nSPS) is 20.0. The Kier molecular flexibility index (Phi) is 8.58. The van der Waals surface area contributed by atoms with Gasteiger partial charge in [-0.1, -0.05) is 30.8 Å². The van der Waals surface area contributed by atoms with Gasteiger partial charge in [-0.25, -0.2) is 9.37 Å². The van der Waals surface area contributed by atoms with E-state index in [0.717, 1.165) is 54.6 Å². The number of hydrogen-bond acceptors (Lipinski definition) is 7. The van der Waals surface area contributed by atoms with Crippen molar-refractivity contribution in [3.05, 3.63) is 66.4 Å². The van der Waals surface area contributed by atoms with Gasteiger partial charge in [-0.2, -0.15) is 5.26 Å². The number of carbonyl (C=O) groups is 1. The van der Waals surface area contributed by atoms with Crippen LogP contribution in [-0.4, -0.2) is 74.0 Å². The molecule has 2 aromatic carbocycles. The number of aromatic nitrogens is 1. The van der Waals surface area contributed by atoms with E-state index in [1.54, 1.807) is 19.2 Å². The number of piperidine rings is 1. The highest BCUT2D eigenvalue weighted by Crippen LogP contribution is 2.35. The van der Waals surface area contributed by atoms with Crippen molar-refractivity contribution in [2.75, 3.05) is 45.3 Å². The second-order valence-electron chi connectivity index (χ2n) is 10.3. The van der Waals surface area contributed by atoms with Crippen LogP contribution >= 0.6 is 0 Å². The molecule has 0 aliphatic carbocycles. The Hall–Kier alpha value is -4.00. The largest absolute Gasteiger partial charge is 0.495 e. The zero-order valence-electron chi connectivity index (χ0n) is 22.7. The molecule has 2 atom stereocenters. The number of nitrogens with zero attached hydrogens (tertiary/aromatic N) is 3. The minimum Gasteiger partial charge on any atom is -0.495 e. The number of hydrogen-bond donors (Lipinski definition) is 2. The molecule has 0 radical (unpaired) electrons. The number of likely N-dealkylation sites (tertiary alicyclic amines) is 1. The van der Waals surface area contributed by atoms with E-state index in [0.29, 0.717) is 36.0 Å². The van der Waals surface area contributed by atoms with Crippen LogP contribution in [0.5, 0.6) is 5.75 Å². The number of nitriles is 1. The van der Waals surface area contributed by atoms with Crippen molar-refractivity contribution in [3.63, 3.8) is 0 Å². The van der Waals surface area contributed by atoms with Crippen LogP contribution < -0.4 is 15.4 Å². The monoisotopic (exact) mass is 543 g/mol. The Morgan fingerprint density at radius 1 is 1.23 bits per heavy atom. The minimum absolute atomic E-state index is 0.242. The van der Waals surface area contributed by atoms with Gasteiger partial charge in [0.1, 0.15) is 17.6 Å². The summed E-state index contributed by atoms with van der Waals surface area (Å²) in [6.07, 6.45) is 1.27. The number of fused-ring (bicyclic) bond motifs is 1. The van der Waals surface area contributed by atoms with Crippen molar-refractivity contribution in [2.45, 2.75) is 37.5 Å².